The van der Waals surface area contributed by atoms with Gasteiger partial charge in [-0.15, -0.1) is 0 Å². The molecule has 0 atom stereocenters. The SMILES string of the molecule is Cc1nn(-c2ccccc2)c2nc(-c3ccc(N(C)C)cc3)c3c(c12)CCC/C3=N\Nc1ccccc1. The Labute approximate surface area is 217 Å². The van der Waals surface area contributed by atoms with Crippen LogP contribution >= 0.6 is 0 Å². The highest BCUT2D eigenvalue weighted by Crippen LogP contribution is 2.38. The van der Waals surface area contributed by atoms with Crippen LogP contribution in [-0.4, -0.2) is 34.6 Å². The molecule has 0 fully saturated rings. The molecule has 0 saturated heterocycles. The number of anilines is 2. The molecule has 0 spiro atoms. The molecule has 1 N–H and O–H groups in total. The van der Waals surface area contributed by atoms with Gasteiger partial charge in [0.15, 0.2) is 5.65 Å². The summed E-state index contributed by atoms with van der Waals surface area (Å²) in [7, 11) is 4.12. The predicted molar refractivity (Wildman–Crippen MR) is 153 cm³/mol. The second-order valence-electron chi connectivity index (χ2n) is 9.68. The van der Waals surface area contributed by atoms with Crippen LogP contribution in [0.25, 0.3) is 28.0 Å². The third-order valence-corrected chi connectivity index (χ3v) is 6.97. The Hall–Kier alpha value is -4.45. The highest BCUT2D eigenvalue weighted by Gasteiger charge is 2.27. The molecule has 0 saturated carbocycles. The molecule has 6 heteroatoms. The lowest BCUT2D eigenvalue weighted by Gasteiger charge is -2.23. The van der Waals surface area contributed by atoms with Crippen LogP contribution in [0.15, 0.2) is 90.0 Å². The number of rotatable bonds is 5. The second kappa shape index (κ2) is 9.54. The van der Waals surface area contributed by atoms with Gasteiger partial charge in [0.25, 0.3) is 0 Å². The molecule has 3 aromatic carbocycles. The van der Waals surface area contributed by atoms with Crippen molar-refractivity contribution in [1.82, 2.24) is 14.8 Å². The van der Waals surface area contributed by atoms with Crippen molar-refractivity contribution in [3.8, 4) is 16.9 Å². The van der Waals surface area contributed by atoms with E-state index < -0.39 is 0 Å². The molecule has 0 bridgehead atoms. The molecule has 1 aliphatic rings. The number of fused-ring (bicyclic) bond motifs is 3. The van der Waals surface area contributed by atoms with Gasteiger partial charge in [-0.05, 0) is 68.1 Å². The highest BCUT2D eigenvalue weighted by molar-refractivity contribution is 6.11. The van der Waals surface area contributed by atoms with Crippen molar-refractivity contribution in [2.45, 2.75) is 26.2 Å². The van der Waals surface area contributed by atoms with E-state index in [0.29, 0.717) is 0 Å². The number of hydrogen-bond donors (Lipinski definition) is 1. The minimum Gasteiger partial charge on any atom is -0.378 e. The largest absolute Gasteiger partial charge is 0.378 e. The van der Waals surface area contributed by atoms with Gasteiger partial charge in [0.2, 0.25) is 0 Å². The molecule has 5 aromatic rings. The van der Waals surface area contributed by atoms with Crippen molar-refractivity contribution in [2.24, 2.45) is 5.10 Å². The van der Waals surface area contributed by atoms with E-state index in [1.807, 2.05) is 53.2 Å². The number of pyridine rings is 1. The Balaban J connectivity index is 1.59. The molecule has 0 aliphatic heterocycles. The molecule has 2 aromatic heterocycles. The van der Waals surface area contributed by atoms with Crippen molar-refractivity contribution >= 4 is 28.1 Å². The summed E-state index contributed by atoms with van der Waals surface area (Å²) in [6, 6.07) is 29.0. The topological polar surface area (TPSA) is 58.3 Å². The highest BCUT2D eigenvalue weighted by atomic mass is 15.3. The third-order valence-electron chi connectivity index (χ3n) is 6.97. The Morgan fingerprint density at radius 1 is 0.865 bits per heavy atom. The van der Waals surface area contributed by atoms with E-state index in [1.54, 1.807) is 0 Å². The summed E-state index contributed by atoms with van der Waals surface area (Å²) in [5, 5.41) is 11.0. The molecule has 6 rings (SSSR count). The number of benzene rings is 3. The predicted octanol–water partition coefficient (Wildman–Crippen LogP) is 6.61. The van der Waals surface area contributed by atoms with Crippen molar-refractivity contribution in [3.05, 3.63) is 102 Å². The van der Waals surface area contributed by atoms with Gasteiger partial charge in [-0.1, -0.05) is 48.5 Å². The first kappa shape index (κ1) is 23.0. The van der Waals surface area contributed by atoms with Crippen LogP contribution in [0.3, 0.4) is 0 Å². The molecular formula is C31H30N6. The summed E-state index contributed by atoms with van der Waals surface area (Å²) >= 11 is 0. The number of nitrogens with zero attached hydrogens (tertiary/aromatic N) is 5. The molecule has 0 unspecified atom stereocenters. The molecule has 0 radical (unpaired) electrons. The first-order chi connectivity index (χ1) is 18.1. The maximum atomic E-state index is 5.31. The second-order valence-corrected chi connectivity index (χ2v) is 9.68. The lowest BCUT2D eigenvalue weighted by Crippen LogP contribution is -2.17. The van der Waals surface area contributed by atoms with Gasteiger partial charge in [0.1, 0.15) is 0 Å². The lowest BCUT2D eigenvalue weighted by atomic mass is 9.85. The standard InChI is InChI=1S/C31H30N6/c1-21-28-26-15-10-16-27(34-33-23-11-6-4-7-12-23)29(26)30(22-17-19-24(20-18-22)36(2)3)32-31(28)37(35-21)25-13-8-5-9-14-25/h4-9,11-14,17-20,33H,10,15-16H2,1-3H3/b34-27+. The van der Waals surface area contributed by atoms with E-state index >= 15 is 0 Å². The fourth-order valence-electron chi connectivity index (χ4n) is 5.15. The maximum absolute atomic E-state index is 5.31. The van der Waals surface area contributed by atoms with Crippen LogP contribution in [0.4, 0.5) is 11.4 Å². The number of nitrogens with one attached hydrogen (secondary N) is 1. The molecule has 184 valence electrons. The minimum atomic E-state index is 0.895. The van der Waals surface area contributed by atoms with Crippen LogP contribution in [0.2, 0.25) is 0 Å². The van der Waals surface area contributed by atoms with Crippen molar-refractivity contribution < 1.29 is 0 Å². The Morgan fingerprint density at radius 2 is 1.57 bits per heavy atom. The van der Waals surface area contributed by atoms with Crippen LogP contribution < -0.4 is 10.3 Å². The van der Waals surface area contributed by atoms with Crippen LogP contribution in [-0.2, 0) is 6.42 Å². The number of aromatic nitrogens is 3. The molecule has 37 heavy (non-hydrogen) atoms. The summed E-state index contributed by atoms with van der Waals surface area (Å²) in [5.41, 5.74) is 13.8. The van der Waals surface area contributed by atoms with Gasteiger partial charge in [-0.25, -0.2) is 9.67 Å². The average molecular weight is 487 g/mol. The van der Waals surface area contributed by atoms with Gasteiger partial charge in [-0.3, -0.25) is 5.43 Å². The van der Waals surface area contributed by atoms with Gasteiger partial charge in [-0.2, -0.15) is 10.2 Å². The van der Waals surface area contributed by atoms with Crippen LogP contribution in [0.1, 0.15) is 29.7 Å². The molecule has 1 aliphatic carbocycles. The normalized spacial score (nSPS) is 14.1. The Bertz CT molecular complexity index is 1580. The van der Waals surface area contributed by atoms with Gasteiger partial charge in [0, 0.05) is 36.3 Å². The summed E-state index contributed by atoms with van der Waals surface area (Å²) in [5.74, 6) is 0. The Kier molecular flexibility index (Phi) is 5.93. The number of hydrogen-bond acceptors (Lipinski definition) is 5. The number of para-hydroxylation sites is 2. The molecule has 6 nitrogen and oxygen atoms in total. The first-order valence-corrected chi connectivity index (χ1v) is 12.7. The van der Waals surface area contributed by atoms with Gasteiger partial charge >= 0.3 is 0 Å². The van der Waals surface area contributed by atoms with Crippen LogP contribution in [0, 0.1) is 6.92 Å². The fraction of sp³-hybridized carbons (Fsp3) is 0.194. The molecular weight excluding hydrogens is 456 g/mol. The van der Waals surface area contributed by atoms with E-state index in [0.717, 1.165) is 75.6 Å². The number of aryl methyl sites for hydroxylation is 2. The summed E-state index contributed by atoms with van der Waals surface area (Å²) in [6.45, 7) is 2.09. The van der Waals surface area contributed by atoms with E-state index in [4.69, 9.17) is 15.2 Å². The van der Waals surface area contributed by atoms with E-state index in [1.165, 1.54) is 5.56 Å². The third kappa shape index (κ3) is 4.25. The monoisotopic (exact) mass is 486 g/mol. The van der Waals surface area contributed by atoms with Crippen LogP contribution in [0.5, 0.6) is 0 Å². The summed E-state index contributed by atoms with van der Waals surface area (Å²) in [6.07, 6.45) is 2.91. The zero-order chi connectivity index (χ0) is 25.4. The zero-order valence-electron chi connectivity index (χ0n) is 21.4. The van der Waals surface area contributed by atoms with Crippen molar-refractivity contribution in [1.29, 1.82) is 0 Å². The number of hydrazone groups is 1. The fourth-order valence-corrected chi connectivity index (χ4v) is 5.15. The van der Waals surface area contributed by atoms with Crippen molar-refractivity contribution in [3.63, 3.8) is 0 Å². The zero-order valence-corrected chi connectivity index (χ0v) is 21.4. The quantitative estimate of drug-likeness (QED) is 0.284. The van der Waals surface area contributed by atoms with E-state index in [2.05, 4.69) is 67.7 Å². The minimum absolute atomic E-state index is 0.895. The van der Waals surface area contributed by atoms with Gasteiger partial charge < -0.3 is 4.90 Å². The smallest absolute Gasteiger partial charge is 0.164 e. The first-order valence-electron chi connectivity index (χ1n) is 12.7. The lowest BCUT2D eigenvalue weighted by molar-refractivity contribution is 0.841. The summed E-state index contributed by atoms with van der Waals surface area (Å²) in [4.78, 5) is 7.43. The van der Waals surface area contributed by atoms with Gasteiger partial charge in [0.05, 0.1) is 28.5 Å². The Morgan fingerprint density at radius 3 is 2.27 bits per heavy atom. The maximum Gasteiger partial charge on any atom is 0.164 e. The average Bonchev–Trinajstić information content (AvgIpc) is 3.28. The van der Waals surface area contributed by atoms with E-state index in [9.17, 15) is 0 Å². The molecule has 2 heterocycles. The van der Waals surface area contributed by atoms with E-state index in [-0.39, 0.29) is 0 Å². The van der Waals surface area contributed by atoms with Crippen molar-refractivity contribution in [2.75, 3.05) is 24.4 Å². The summed E-state index contributed by atoms with van der Waals surface area (Å²) < 4.78 is 1.98. The molecule has 0 amide bonds.